The molecule has 2 aromatic heterocycles. The van der Waals surface area contributed by atoms with Crippen LogP contribution in [0.5, 0.6) is 0 Å². The molecule has 3 heterocycles. The minimum absolute atomic E-state index is 0.0169. The van der Waals surface area contributed by atoms with Crippen LogP contribution in [0.1, 0.15) is 157 Å². The highest BCUT2D eigenvalue weighted by Crippen LogP contribution is 2.32. The zero-order valence-electron chi connectivity index (χ0n) is 72.5. The minimum Gasteiger partial charge on any atom is -0.481 e. The van der Waals surface area contributed by atoms with Gasteiger partial charge >= 0.3 is 12.1 Å². The summed E-state index contributed by atoms with van der Waals surface area (Å²) in [6.07, 6.45) is -11.0. The van der Waals surface area contributed by atoms with Gasteiger partial charge in [0, 0.05) is 111 Å². The van der Waals surface area contributed by atoms with Crippen LogP contribution in [0.15, 0.2) is 176 Å². The molecule has 0 saturated carbocycles. The number of carbonyl (C=O) groups is 15. The average Bonchev–Trinajstić information content (AvgIpc) is 1.66. The van der Waals surface area contributed by atoms with Crippen molar-refractivity contribution in [1.82, 2.24) is 57.4 Å². The molecule has 1 aliphatic heterocycles. The number of amides is 9. The number of ketones is 5. The largest absolute Gasteiger partial charge is 0.481 e. The highest BCUT2D eigenvalue weighted by Gasteiger charge is 2.43. The number of carboxylic acid groups (broad SMARTS) is 1. The number of H-pyrrole nitrogens is 2. The van der Waals surface area contributed by atoms with Crippen LogP contribution in [-0.2, 0) is 104 Å². The fraction of sp³-hybridized carbons (Fsp3) is 0.421. The van der Waals surface area contributed by atoms with E-state index in [1.54, 1.807) is 142 Å². The van der Waals surface area contributed by atoms with Crippen LogP contribution in [0, 0.1) is 35.5 Å². The lowest BCUT2D eigenvalue weighted by Crippen LogP contribution is -2.60. The number of alkyl halides is 3. The predicted molar refractivity (Wildman–Crippen MR) is 466 cm³/mol. The maximum absolute atomic E-state index is 15.7. The Morgan fingerprint density at radius 3 is 1.60 bits per heavy atom. The number of hydrogen-bond donors (Lipinski definition) is 14. The smallest absolute Gasteiger partial charge is 0.416 e. The molecule has 0 bridgehead atoms. The number of carbonyl (C=O) groups excluding carboxylic acids is 14. The van der Waals surface area contributed by atoms with Crippen LogP contribution in [0.2, 0.25) is 0 Å². The number of aliphatic carboxylic acids is 1. The summed E-state index contributed by atoms with van der Waals surface area (Å²) in [4.78, 5) is 230. The second-order valence-corrected chi connectivity index (χ2v) is 33.3. The van der Waals surface area contributed by atoms with E-state index in [-0.39, 0.29) is 48.8 Å². The van der Waals surface area contributed by atoms with Crippen molar-refractivity contribution in [1.29, 1.82) is 0 Å². The summed E-state index contributed by atoms with van der Waals surface area (Å²) in [5, 5.41) is 64.3. The quantitative estimate of drug-likeness (QED) is 0.0265. The Balaban J connectivity index is 1.13. The molecule has 9 amide bonds. The number of aromatic amines is 2. The first-order valence-corrected chi connectivity index (χ1v) is 42.8. The molecule has 1 fully saturated rings. The summed E-state index contributed by atoms with van der Waals surface area (Å²) in [5.41, 5.74) is 2.30. The Bertz CT molecular complexity index is 5260. The number of rotatable bonds is 25. The number of carboxylic acids is 1. The molecule has 8 aromatic rings. The molecule has 0 aliphatic carbocycles. The van der Waals surface area contributed by atoms with Crippen molar-refractivity contribution < 1.29 is 106 Å². The number of aliphatic hydroxyl groups is 3. The van der Waals surface area contributed by atoms with Crippen molar-refractivity contribution in [2.45, 2.75) is 205 Å². The van der Waals surface area contributed by atoms with Gasteiger partial charge in [-0.05, 0) is 103 Å². The van der Waals surface area contributed by atoms with Gasteiger partial charge in [-0.15, -0.1) is 0 Å². The van der Waals surface area contributed by atoms with E-state index in [1.807, 2.05) is 0 Å². The number of aliphatic hydroxyl groups excluding tert-OH is 3. The molecule has 33 heteroatoms. The van der Waals surface area contributed by atoms with Gasteiger partial charge in [-0.25, -0.2) is 0 Å². The van der Waals surface area contributed by atoms with E-state index >= 15 is 43.2 Å². The molecular formula is C95H112F3N11O19. The number of hydrogen-bond acceptors (Lipinski definition) is 18. The topological polar surface area (TPSA) is 468 Å². The van der Waals surface area contributed by atoms with E-state index in [2.05, 4.69) is 52.5 Å². The summed E-state index contributed by atoms with van der Waals surface area (Å²) < 4.78 is 42.2. The molecule has 30 nitrogen and oxygen atoms in total. The maximum Gasteiger partial charge on any atom is 0.416 e. The second kappa shape index (κ2) is 46.0. The van der Waals surface area contributed by atoms with Gasteiger partial charge < -0.3 is 77.8 Å². The van der Waals surface area contributed by atoms with E-state index in [9.17, 15) is 62.4 Å². The van der Waals surface area contributed by atoms with Crippen LogP contribution in [-0.4, -0.2) is 191 Å². The van der Waals surface area contributed by atoms with Crippen LogP contribution in [0.25, 0.3) is 21.8 Å². The SMILES string of the molecule is CC[C@H](C)[C@@H]1NC(=O)[C@H](Cc2c[nH]c3ccccc23)NC(=O)[C@H]([C@@H](C)O)CC(=O)[C@H](C)NC(=O)C[C@@H](C(=O)C[C@H](C(=O)N[C@H](C(=O)C[C@@H](CO)C(=O)O)[C@H](C)O)C(C)C)NC(=O)[C@H](c2ccccc2)NC(=O)[C@H](Cc2ccc(C(F)(F)F)cc2)CC(=O)CCCC(=O)[C@H](Cc2c[nH]c3ccccc23)NC(=O)[C@H](c2ccccc2)NC(=O)[C@H](Cc2ccccc2)N(C)C1=O. The van der Waals surface area contributed by atoms with Gasteiger partial charge in [0.2, 0.25) is 53.2 Å². The number of likely N-dealkylation sites (N-methyl/N-ethyl adjacent to an activating group) is 1. The third kappa shape index (κ3) is 27.1. The summed E-state index contributed by atoms with van der Waals surface area (Å²) in [5.74, 6) is -22.7. The number of nitrogens with zero attached hydrogens (tertiary/aromatic N) is 1. The lowest BCUT2D eigenvalue weighted by atomic mass is 9.86. The van der Waals surface area contributed by atoms with E-state index in [1.165, 1.54) is 59.0 Å². The number of fused-ring (bicyclic) bond motifs is 2. The Morgan fingerprint density at radius 1 is 0.547 bits per heavy atom. The van der Waals surface area contributed by atoms with Gasteiger partial charge in [0.25, 0.3) is 0 Å². The minimum atomic E-state index is -4.80. The Kier molecular flexibility index (Phi) is 35.6. The highest BCUT2D eigenvalue weighted by molar-refractivity contribution is 6.02. The van der Waals surface area contributed by atoms with Gasteiger partial charge in [0.15, 0.2) is 23.1 Å². The molecule has 0 spiro atoms. The Hall–Kier alpha value is -12.9. The van der Waals surface area contributed by atoms with Crippen molar-refractivity contribution in [3.63, 3.8) is 0 Å². The summed E-state index contributed by atoms with van der Waals surface area (Å²) in [6.45, 7) is 8.97. The van der Waals surface area contributed by atoms with E-state index in [0.717, 1.165) is 36.1 Å². The summed E-state index contributed by atoms with van der Waals surface area (Å²) in [7, 11) is 1.36. The molecule has 1 saturated heterocycles. The molecule has 14 N–H and O–H groups in total. The molecule has 16 atom stereocenters. The zero-order chi connectivity index (χ0) is 93.4. The van der Waals surface area contributed by atoms with E-state index in [4.69, 9.17) is 0 Å². The average molecular weight is 1770 g/mol. The zero-order valence-corrected chi connectivity index (χ0v) is 72.5. The molecule has 0 unspecified atom stereocenters. The maximum atomic E-state index is 15.7. The molecule has 682 valence electrons. The van der Waals surface area contributed by atoms with Crippen LogP contribution < -0.4 is 42.5 Å². The molecule has 1 aliphatic rings. The lowest BCUT2D eigenvalue weighted by Gasteiger charge is -2.34. The van der Waals surface area contributed by atoms with Gasteiger partial charge in [-0.1, -0.05) is 174 Å². The van der Waals surface area contributed by atoms with Gasteiger partial charge in [-0.3, -0.25) is 71.9 Å². The van der Waals surface area contributed by atoms with Crippen LogP contribution in [0.3, 0.4) is 0 Å². The number of benzene rings is 6. The van der Waals surface area contributed by atoms with Gasteiger partial charge in [0.05, 0.1) is 60.8 Å². The lowest BCUT2D eigenvalue weighted by molar-refractivity contribution is -0.146. The number of aromatic nitrogens is 2. The fourth-order valence-electron chi connectivity index (χ4n) is 15.6. The molecule has 6 aromatic carbocycles. The first kappa shape index (κ1) is 98.9. The first-order chi connectivity index (χ1) is 60.8. The highest BCUT2D eigenvalue weighted by atomic mass is 19.4. The fourth-order valence-corrected chi connectivity index (χ4v) is 15.6. The van der Waals surface area contributed by atoms with Crippen LogP contribution >= 0.6 is 0 Å². The van der Waals surface area contributed by atoms with E-state index in [0.29, 0.717) is 38.5 Å². The summed E-state index contributed by atoms with van der Waals surface area (Å²) >= 11 is 0. The monoisotopic (exact) mass is 1770 g/mol. The van der Waals surface area contributed by atoms with Crippen molar-refractivity contribution in [2.24, 2.45) is 35.5 Å². The number of halogens is 3. The standard InChI is InChI=1S/C95H112F3N11O19/c1-9-53(4)82-93(126)109(8)76(41-57-24-13-10-14-25-57)90(123)108-85(60-28-17-12-18-29-60)92(125)102-73(43-62-49-99-71-33-21-19-31-67(62)71)77(114)35-23-30-66(113)42-61(40-58-36-38-65(39-37-58)95(96,97)98)86(119)107-84(59-26-15-11-16-27-59)91(124)103-74(79(116)46-69(52(2)3)87(120)106-83(56(7)112)80(117)45-64(51-110)94(127)128)48-81(118)101-54(5)78(115)47-70(55(6)111)88(121)104-75(89(122)105-82)44-63-50-100-72-34-22-20-32-68(63)72/h10-22,24-29,31-34,36-39,49-50,52-56,61,64,69-70,73-76,82-85,99-100,110-112H,9,23,30,35,40-48,51H2,1-8H3,(H,101,118)(H,102,125)(H,103,124)(H,104,121)(H,105,122)(H,106,120)(H,107,119)(H,108,123)(H,127,128)/t53-,54-,55+,56-,61+,64-,69-,70-,73-,74-,75-,76-,82-,83-,84-,85-/m0/s1. The summed E-state index contributed by atoms with van der Waals surface area (Å²) in [6, 6.07) is 27.1. The number of Topliss-reactive ketones (excluding diaryl/α,β-unsaturated/α-hetero) is 5. The molecule has 9 rings (SSSR count). The third-order valence-electron chi connectivity index (χ3n) is 23.6. The van der Waals surface area contributed by atoms with Crippen LogP contribution in [0.4, 0.5) is 13.2 Å². The Labute approximate surface area is 738 Å². The normalized spacial score (nSPS) is 22.4. The molecular weight excluding hydrogens is 1660 g/mol. The van der Waals surface area contributed by atoms with Gasteiger partial charge in [0.1, 0.15) is 42.0 Å². The number of nitrogens with one attached hydrogen (secondary N) is 10. The second-order valence-electron chi connectivity index (χ2n) is 33.3. The molecule has 0 radical (unpaired) electrons. The van der Waals surface area contributed by atoms with Crippen molar-refractivity contribution >= 4 is 110 Å². The third-order valence-corrected chi connectivity index (χ3v) is 23.6. The number of para-hydroxylation sites is 2. The van der Waals surface area contributed by atoms with Crippen molar-refractivity contribution in [3.8, 4) is 0 Å². The Morgan fingerprint density at radius 2 is 1.07 bits per heavy atom. The van der Waals surface area contributed by atoms with E-state index < -0.39 is 260 Å². The molecule has 128 heavy (non-hydrogen) atoms. The van der Waals surface area contributed by atoms with Crippen molar-refractivity contribution in [2.75, 3.05) is 13.7 Å². The predicted octanol–water partition coefficient (Wildman–Crippen LogP) is 7.39. The van der Waals surface area contributed by atoms with Crippen molar-refractivity contribution in [3.05, 3.63) is 215 Å². The first-order valence-electron chi connectivity index (χ1n) is 42.8. The van der Waals surface area contributed by atoms with Gasteiger partial charge in [-0.2, -0.15) is 13.2 Å².